The maximum atomic E-state index is 12.9. The third-order valence-corrected chi connectivity index (χ3v) is 5.37. The van der Waals surface area contributed by atoms with Gasteiger partial charge in [0.15, 0.2) is 5.88 Å². The van der Waals surface area contributed by atoms with Crippen LogP contribution in [0.15, 0.2) is 44.8 Å². The molecule has 0 saturated carbocycles. The van der Waals surface area contributed by atoms with Crippen molar-refractivity contribution in [1.82, 2.24) is 5.32 Å². The highest BCUT2D eigenvalue weighted by Crippen LogP contribution is 2.27. The number of hydrogen-bond acceptors (Lipinski definition) is 5. The smallest absolute Gasteiger partial charge is 0.335 e. The average Bonchev–Trinajstić information content (AvgIpc) is 3.11. The maximum Gasteiger partial charge on any atom is 0.335 e. The van der Waals surface area contributed by atoms with Crippen LogP contribution in [0.3, 0.4) is 0 Å². The minimum Gasteiger partial charge on any atom is -0.441 e. The molecule has 0 atom stereocenters. The van der Waals surface area contributed by atoms with Crippen molar-refractivity contribution in [2.24, 2.45) is 0 Å². The fourth-order valence-electron chi connectivity index (χ4n) is 2.93. The van der Waals surface area contributed by atoms with Crippen molar-refractivity contribution < 1.29 is 18.8 Å². The summed E-state index contributed by atoms with van der Waals surface area (Å²) in [7, 11) is 0. The summed E-state index contributed by atoms with van der Waals surface area (Å²) in [5, 5.41) is 2.21. The van der Waals surface area contributed by atoms with E-state index in [1.807, 2.05) is 25.7 Å². The molecule has 146 valence electrons. The van der Waals surface area contributed by atoms with E-state index < -0.39 is 17.8 Å². The fourth-order valence-corrected chi connectivity index (χ4v) is 3.17. The van der Waals surface area contributed by atoms with Crippen LogP contribution < -0.4 is 15.1 Å². The third kappa shape index (κ3) is 3.73. The summed E-state index contributed by atoms with van der Waals surface area (Å²) in [6, 6.07) is 7.76. The molecule has 1 aliphatic heterocycles. The predicted octanol–water partition coefficient (Wildman–Crippen LogP) is 3.86. The third-order valence-electron chi connectivity index (χ3n) is 4.48. The number of rotatable bonds is 5. The van der Waals surface area contributed by atoms with Gasteiger partial charge in [0.1, 0.15) is 11.3 Å². The number of aryl methyl sites for hydroxylation is 1. The number of hydrogen-bond donors (Lipinski definition) is 1. The van der Waals surface area contributed by atoms with Gasteiger partial charge in [-0.15, -0.1) is 0 Å². The topological polar surface area (TPSA) is 82.9 Å². The number of imide groups is 2. The largest absolute Gasteiger partial charge is 0.441 e. The van der Waals surface area contributed by atoms with Crippen LogP contribution in [0.2, 0.25) is 0 Å². The highest BCUT2D eigenvalue weighted by molar-refractivity contribution is 9.10. The fraction of sp³-hybridized carbons (Fsp3) is 0.250. The molecule has 0 radical (unpaired) electrons. The summed E-state index contributed by atoms with van der Waals surface area (Å²) >= 11 is 3.39. The van der Waals surface area contributed by atoms with Crippen LogP contribution in [0, 0.1) is 6.92 Å². The van der Waals surface area contributed by atoms with E-state index in [9.17, 15) is 14.4 Å². The van der Waals surface area contributed by atoms with Crippen LogP contribution in [-0.2, 0) is 9.59 Å². The molecule has 7 nitrogen and oxygen atoms in total. The van der Waals surface area contributed by atoms with Gasteiger partial charge in [0, 0.05) is 23.6 Å². The highest BCUT2D eigenvalue weighted by Gasteiger charge is 2.37. The molecule has 1 aromatic heterocycles. The van der Waals surface area contributed by atoms with Crippen LogP contribution in [0.4, 0.5) is 16.4 Å². The van der Waals surface area contributed by atoms with E-state index in [2.05, 4.69) is 21.2 Å². The molecule has 28 heavy (non-hydrogen) atoms. The van der Waals surface area contributed by atoms with Crippen LogP contribution in [-0.4, -0.2) is 30.9 Å². The van der Waals surface area contributed by atoms with Gasteiger partial charge in [0.2, 0.25) is 0 Å². The van der Waals surface area contributed by atoms with Gasteiger partial charge in [-0.2, -0.15) is 0 Å². The first-order chi connectivity index (χ1) is 13.3. The molecule has 2 heterocycles. The van der Waals surface area contributed by atoms with Crippen LogP contribution in [0.25, 0.3) is 6.08 Å². The van der Waals surface area contributed by atoms with Crippen molar-refractivity contribution in [3.05, 3.63) is 51.7 Å². The summed E-state index contributed by atoms with van der Waals surface area (Å²) < 4.78 is 6.59. The van der Waals surface area contributed by atoms with Gasteiger partial charge in [-0.3, -0.25) is 14.9 Å². The molecule has 4 amide bonds. The second-order valence-electron chi connectivity index (χ2n) is 6.24. The first kappa shape index (κ1) is 19.9. The SMILES string of the molecule is CCN(CC)c1ccc(/C=C2\C(=O)NC(=O)N(c3ccc(Br)c(C)c3)C2=O)o1. The normalized spacial score (nSPS) is 15.9. The number of carbonyl (C=O) groups excluding carboxylic acids is 3. The van der Waals surface area contributed by atoms with Crippen molar-refractivity contribution in [3.8, 4) is 0 Å². The Balaban J connectivity index is 1.95. The van der Waals surface area contributed by atoms with E-state index in [1.165, 1.54) is 6.08 Å². The molecule has 0 aliphatic carbocycles. The van der Waals surface area contributed by atoms with Gasteiger partial charge >= 0.3 is 6.03 Å². The second kappa shape index (κ2) is 8.02. The Morgan fingerprint density at radius 3 is 2.50 bits per heavy atom. The Kier molecular flexibility index (Phi) is 5.69. The molecule has 1 aromatic carbocycles. The van der Waals surface area contributed by atoms with Gasteiger partial charge in [-0.1, -0.05) is 15.9 Å². The van der Waals surface area contributed by atoms with Crippen LogP contribution >= 0.6 is 15.9 Å². The molecule has 1 saturated heterocycles. The lowest BCUT2D eigenvalue weighted by Crippen LogP contribution is -2.54. The molecule has 0 spiro atoms. The molecule has 8 heteroatoms. The summed E-state index contributed by atoms with van der Waals surface area (Å²) in [5.74, 6) is -0.434. The molecular formula is C20H20BrN3O4. The lowest BCUT2D eigenvalue weighted by molar-refractivity contribution is -0.122. The lowest BCUT2D eigenvalue weighted by atomic mass is 10.1. The zero-order chi connectivity index (χ0) is 20.4. The van der Waals surface area contributed by atoms with Crippen LogP contribution in [0.5, 0.6) is 0 Å². The Labute approximate surface area is 171 Å². The number of nitrogens with zero attached hydrogens (tertiary/aromatic N) is 2. The van der Waals surface area contributed by atoms with Gasteiger partial charge in [-0.25, -0.2) is 9.69 Å². The minimum atomic E-state index is -0.780. The van der Waals surface area contributed by atoms with Crippen molar-refractivity contribution in [2.75, 3.05) is 22.9 Å². The summed E-state index contributed by atoms with van der Waals surface area (Å²) in [6.07, 6.45) is 1.36. The first-order valence-corrected chi connectivity index (χ1v) is 9.67. The monoisotopic (exact) mass is 445 g/mol. The predicted molar refractivity (Wildman–Crippen MR) is 110 cm³/mol. The summed E-state index contributed by atoms with van der Waals surface area (Å²) in [5.41, 5.74) is 1.07. The van der Waals surface area contributed by atoms with Gasteiger partial charge in [-0.05, 0) is 56.7 Å². The number of benzene rings is 1. The molecule has 1 aliphatic rings. The average molecular weight is 446 g/mol. The molecule has 0 bridgehead atoms. The number of furan rings is 1. The van der Waals surface area contributed by atoms with Crippen molar-refractivity contribution in [2.45, 2.75) is 20.8 Å². The number of urea groups is 1. The summed E-state index contributed by atoms with van der Waals surface area (Å²) in [6.45, 7) is 7.40. The highest BCUT2D eigenvalue weighted by atomic mass is 79.9. The Morgan fingerprint density at radius 2 is 1.86 bits per heavy atom. The van der Waals surface area contributed by atoms with Crippen molar-refractivity contribution in [3.63, 3.8) is 0 Å². The minimum absolute atomic E-state index is 0.166. The van der Waals surface area contributed by atoms with Crippen molar-refractivity contribution in [1.29, 1.82) is 0 Å². The van der Waals surface area contributed by atoms with Crippen molar-refractivity contribution >= 4 is 51.4 Å². The van der Waals surface area contributed by atoms with Gasteiger partial charge < -0.3 is 9.32 Å². The molecular weight excluding hydrogens is 426 g/mol. The van der Waals surface area contributed by atoms with E-state index >= 15 is 0 Å². The Morgan fingerprint density at radius 1 is 1.14 bits per heavy atom. The standard InChI is InChI=1S/C20H20BrN3O4/c1-4-23(5-2)17-9-7-14(28-17)11-15-18(25)22-20(27)24(19(15)26)13-6-8-16(21)12(3)10-13/h6-11H,4-5H2,1-3H3,(H,22,25,27)/b15-11+. The molecule has 1 fully saturated rings. The number of nitrogens with one attached hydrogen (secondary N) is 1. The Hall–Kier alpha value is -2.87. The molecule has 1 N–H and O–H groups in total. The van der Waals surface area contributed by atoms with E-state index in [1.54, 1.807) is 30.3 Å². The van der Waals surface area contributed by atoms with E-state index in [-0.39, 0.29) is 5.57 Å². The van der Waals surface area contributed by atoms with E-state index in [0.717, 1.165) is 28.0 Å². The second-order valence-corrected chi connectivity index (χ2v) is 7.09. The number of barbiturate groups is 1. The van der Waals surface area contributed by atoms with Gasteiger partial charge in [0.25, 0.3) is 11.8 Å². The van der Waals surface area contributed by atoms with Crippen LogP contribution in [0.1, 0.15) is 25.2 Å². The number of carbonyl (C=O) groups is 3. The number of halogens is 1. The summed E-state index contributed by atoms with van der Waals surface area (Å²) in [4.78, 5) is 40.4. The lowest BCUT2D eigenvalue weighted by Gasteiger charge is -2.26. The van der Waals surface area contributed by atoms with E-state index in [0.29, 0.717) is 17.3 Å². The number of anilines is 2. The van der Waals surface area contributed by atoms with Gasteiger partial charge in [0.05, 0.1) is 5.69 Å². The Bertz CT molecular complexity index is 976. The zero-order valence-electron chi connectivity index (χ0n) is 15.8. The zero-order valence-corrected chi connectivity index (χ0v) is 17.4. The molecule has 0 unspecified atom stereocenters. The van der Waals surface area contributed by atoms with E-state index in [4.69, 9.17) is 4.42 Å². The first-order valence-electron chi connectivity index (χ1n) is 8.88. The number of amides is 4. The quantitative estimate of drug-likeness (QED) is 0.557. The molecule has 3 rings (SSSR count). The molecule has 2 aromatic rings. The maximum absolute atomic E-state index is 12.9.